The molecule has 0 radical (unpaired) electrons. The molecule has 5 nitrogen and oxygen atoms in total. The Balaban J connectivity index is 2.04. The summed E-state index contributed by atoms with van der Waals surface area (Å²) in [5, 5.41) is 3.13. The summed E-state index contributed by atoms with van der Waals surface area (Å²) in [6, 6.07) is 7.72. The van der Waals surface area contributed by atoms with E-state index in [9.17, 15) is 0 Å². The van der Waals surface area contributed by atoms with Gasteiger partial charge >= 0.3 is 0 Å². The van der Waals surface area contributed by atoms with Crippen LogP contribution in [0.1, 0.15) is 12.5 Å². The number of benzene rings is 1. The van der Waals surface area contributed by atoms with Crippen molar-refractivity contribution in [3.8, 4) is 11.6 Å². The van der Waals surface area contributed by atoms with Crippen LogP contribution in [0, 0.1) is 0 Å². The van der Waals surface area contributed by atoms with Gasteiger partial charge in [0.1, 0.15) is 29.0 Å². The van der Waals surface area contributed by atoms with Crippen molar-refractivity contribution in [1.29, 1.82) is 0 Å². The molecule has 0 aliphatic carbocycles. The van der Waals surface area contributed by atoms with E-state index in [1.54, 1.807) is 7.11 Å². The summed E-state index contributed by atoms with van der Waals surface area (Å²) in [6.45, 7) is 3.23. The highest BCUT2D eigenvalue weighted by Gasteiger charge is 2.09. The van der Waals surface area contributed by atoms with Crippen LogP contribution in [0.3, 0.4) is 0 Å². The summed E-state index contributed by atoms with van der Waals surface area (Å²) in [5.41, 5.74) is 1.04. The number of halogens is 1. The zero-order chi connectivity index (χ0) is 14.4. The quantitative estimate of drug-likeness (QED) is 0.876. The summed E-state index contributed by atoms with van der Waals surface area (Å²) in [5.74, 6) is 2.07. The topological polar surface area (TPSA) is 56.3 Å². The number of anilines is 1. The van der Waals surface area contributed by atoms with Crippen molar-refractivity contribution in [3.63, 3.8) is 0 Å². The van der Waals surface area contributed by atoms with E-state index in [0.29, 0.717) is 12.5 Å². The van der Waals surface area contributed by atoms with Crippen LogP contribution >= 0.6 is 15.9 Å². The molecular weight excluding hydrogens is 322 g/mol. The lowest BCUT2D eigenvalue weighted by Crippen LogP contribution is -2.04. The second-order valence-corrected chi connectivity index (χ2v) is 4.80. The van der Waals surface area contributed by atoms with Gasteiger partial charge in [0.25, 0.3) is 0 Å². The molecule has 0 spiro atoms. The zero-order valence-corrected chi connectivity index (χ0v) is 13.0. The standard InChI is InChI=1S/C14H16BrN3O2/c1-3-16-13-12(15)14(18-9-17-13)20-8-10-4-6-11(19-2)7-5-10/h4-7,9H,3,8H2,1-2H3,(H,16,17,18). The Morgan fingerprint density at radius 2 is 1.95 bits per heavy atom. The van der Waals surface area contributed by atoms with E-state index < -0.39 is 0 Å². The zero-order valence-electron chi connectivity index (χ0n) is 11.4. The van der Waals surface area contributed by atoms with Crippen molar-refractivity contribution in [2.75, 3.05) is 19.0 Å². The first-order valence-electron chi connectivity index (χ1n) is 6.24. The lowest BCUT2D eigenvalue weighted by atomic mass is 10.2. The molecule has 1 aromatic heterocycles. The van der Waals surface area contributed by atoms with E-state index in [-0.39, 0.29) is 0 Å². The number of aromatic nitrogens is 2. The van der Waals surface area contributed by atoms with Gasteiger partial charge in [-0.3, -0.25) is 0 Å². The molecule has 0 amide bonds. The van der Waals surface area contributed by atoms with Gasteiger partial charge in [-0.15, -0.1) is 0 Å². The van der Waals surface area contributed by atoms with Gasteiger partial charge in [-0.05, 0) is 40.5 Å². The van der Waals surface area contributed by atoms with Crippen LogP contribution in [0.5, 0.6) is 11.6 Å². The number of hydrogen-bond acceptors (Lipinski definition) is 5. The summed E-state index contributed by atoms with van der Waals surface area (Å²) in [7, 11) is 1.64. The monoisotopic (exact) mass is 337 g/mol. The lowest BCUT2D eigenvalue weighted by molar-refractivity contribution is 0.291. The minimum Gasteiger partial charge on any atom is -0.497 e. The highest BCUT2D eigenvalue weighted by molar-refractivity contribution is 9.10. The fourth-order valence-corrected chi connectivity index (χ4v) is 2.08. The third kappa shape index (κ3) is 3.60. The molecule has 0 fully saturated rings. The second kappa shape index (κ2) is 7.09. The van der Waals surface area contributed by atoms with Crippen molar-refractivity contribution in [1.82, 2.24) is 9.97 Å². The number of hydrogen-bond donors (Lipinski definition) is 1. The van der Waals surface area contributed by atoms with Crippen LogP contribution in [0.2, 0.25) is 0 Å². The van der Waals surface area contributed by atoms with Crippen LogP contribution in [0.15, 0.2) is 35.1 Å². The average Bonchev–Trinajstić information content (AvgIpc) is 2.49. The first-order chi connectivity index (χ1) is 9.74. The molecule has 2 aromatic rings. The van der Waals surface area contributed by atoms with Gasteiger partial charge in [-0.25, -0.2) is 9.97 Å². The summed E-state index contributed by atoms with van der Waals surface area (Å²) >= 11 is 3.45. The van der Waals surface area contributed by atoms with Gasteiger partial charge in [-0.2, -0.15) is 0 Å². The van der Waals surface area contributed by atoms with Crippen molar-refractivity contribution in [2.24, 2.45) is 0 Å². The lowest BCUT2D eigenvalue weighted by Gasteiger charge is -2.10. The van der Waals surface area contributed by atoms with E-state index in [4.69, 9.17) is 9.47 Å². The molecule has 2 rings (SSSR count). The molecule has 1 aromatic carbocycles. The predicted octanol–water partition coefficient (Wildman–Crippen LogP) is 3.26. The van der Waals surface area contributed by atoms with Crippen LogP contribution in [0.25, 0.3) is 0 Å². The number of nitrogens with one attached hydrogen (secondary N) is 1. The van der Waals surface area contributed by atoms with Gasteiger partial charge in [0.15, 0.2) is 0 Å². The maximum Gasteiger partial charge on any atom is 0.233 e. The number of methoxy groups -OCH3 is 1. The fourth-order valence-electron chi connectivity index (χ4n) is 1.62. The third-order valence-electron chi connectivity index (χ3n) is 2.64. The fraction of sp³-hybridized carbons (Fsp3) is 0.286. The largest absolute Gasteiger partial charge is 0.497 e. The SMILES string of the molecule is CCNc1ncnc(OCc2ccc(OC)cc2)c1Br. The van der Waals surface area contributed by atoms with Crippen molar-refractivity contribution >= 4 is 21.7 Å². The van der Waals surface area contributed by atoms with E-state index in [2.05, 4.69) is 31.2 Å². The van der Waals surface area contributed by atoms with Crippen LogP contribution in [-0.2, 0) is 6.61 Å². The van der Waals surface area contributed by atoms with E-state index in [1.165, 1.54) is 6.33 Å². The third-order valence-corrected chi connectivity index (χ3v) is 3.35. The number of ether oxygens (including phenoxy) is 2. The molecular formula is C14H16BrN3O2. The first-order valence-corrected chi connectivity index (χ1v) is 7.04. The molecule has 0 aliphatic heterocycles. The Kier molecular flexibility index (Phi) is 5.17. The van der Waals surface area contributed by atoms with Gasteiger partial charge in [-0.1, -0.05) is 12.1 Å². The average molecular weight is 338 g/mol. The van der Waals surface area contributed by atoms with Crippen LogP contribution in [0.4, 0.5) is 5.82 Å². The van der Waals surface area contributed by atoms with E-state index in [1.807, 2.05) is 31.2 Å². The maximum absolute atomic E-state index is 5.70. The van der Waals surface area contributed by atoms with Crippen LogP contribution in [-0.4, -0.2) is 23.6 Å². The molecule has 1 N–H and O–H groups in total. The first kappa shape index (κ1) is 14.6. The molecule has 0 unspecified atom stereocenters. The molecule has 1 heterocycles. The highest BCUT2D eigenvalue weighted by Crippen LogP contribution is 2.28. The molecule has 0 atom stereocenters. The smallest absolute Gasteiger partial charge is 0.233 e. The molecule has 106 valence electrons. The van der Waals surface area contributed by atoms with Gasteiger partial charge in [0, 0.05) is 6.54 Å². The second-order valence-electron chi connectivity index (χ2n) is 4.01. The van der Waals surface area contributed by atoms with Gasteiger partial charge < -0.3 is 14.8 Å². The minimum absolute atomic E-state index is 0.436. The maximum atomic E-state index is 5.70. The van der Waals surface area contributed by atoms with Crippen LogP contribution < -0.4 is 14.8 Å². The normalized spacial score (nSPS) is 10.2. The Hall–Kier alpha value is -1.82. The van der Waals surface area contributed by atoms with E-state index in [0.717, 1.165) is 28.1 Å². The number of rotatable bonds is 6. The van der Waals surface area contributed by atoms with E-state index >= 15 is 0 Å². The minimum atomic E-state index is 0.436. The molecule has 20 heavy (non-hydrogen) atoms. The molecule has 0 saturated carbocycles. The molecule has 6 heteroatoms. The summed E-state index contributed by atoms with van der Waals surface area (Å²) < 4.78 is 11.6. The summed E-state index contributed by atoms with van der Waals surface area (Å²) in [4.78, 5) is 8.27. The Bertz CT molecular complexity index is 561. The molecule has 0 bridgehead atoms. The Morgan fingerprint density at radius 3 is 2.60 bits per heavy atom. The molecule has 0 aliphatic rings. The van der Waals surface area contributed by atoms with Crippen molar-refractivity contribution in [3.05, 3.63) is 40.6 Å². The highest BCUT2D eigenvalue weighted by atomic mass is 79.9. The van der Waals surface area contributed by atoms with Gasteiger partial charge in [0.2, 0.25) is 5.88 Å². The number of nitrogens with zero attached hydrogens (tertiary/aromatic N) is 2. The predicted molar refractivity (Wildman–Crippen MR) is 81.2 cm³/mol. The Labute approximate surface area is 126 Å². The van der Waals surface area contributed by atoms with Gasteiger partial charge in [0.05, 0.1) is 7.11 Å². The summed E-state index contributed by atoms with van der Waals surface area (Å²) in [6.07, 6.45) is 1.48. The van der Waals surface area contributed by atoms with Crippen molar-refractivity contribution < 1.29 is 9.47 Å². The van der Waals surface area contributed by atoms with Crippen molar-refractivity contribution in [2.45, 2.75) is 13.5 Å². The molecule has 0 saturated heterocycles. The Morgan fingerprint density at radius 1 is 1.20 bits per heavy atom.